The maximum atomic E-state index is 15.3. The second-order valence-corrected chi connectivity index (χ2v) is 11.4. The lowest BCUT2D eigenvalue weighted by Crippen LogP contribution is -2.36. The summed E-state index contributed by atoms with van der Waals surface area (Å²) in [5, 5.41) is 8.84. The number of fused-ring (bicyclic) bond motifs is 1. The van der Waals surface area contributed by atoms with Crippen molar-refractivity contribution in [3.05, 3.63) is 93.8 Å². The molecule has 1 aromatic heterocycles. The summed E-state index contributed by atoms with van der Waals surface area (Å²) >= 11 is 6.01. The monoisotopic (exact) mass is 559 g/mol. The number of aromatic nitrogens is 2. The van der Waals surface area contributed by atoms with Crippen LogP contribution in [0.1, 0.15) is 45.8 Å². The molecular formula is C27H21ClF3N3O3S. The maximum absolute atomic E-state index is 15.3. The van der Waals surface area contributed by atoms with Crippen molar-refractivity contribution in [3.8, 4) is 0 Å². The molecule has 4 aromatic rings. The molecule has 11 heteroatoms. The van der Waals surface area contributed by atoms with Gasteiger partial charge in [-0.15, -0.1) is 10.2 Å². The zero-order chi connectivity index (χ0) is 27.2. The second-order valence-electron chi connectivity index (χ2n) is 9.20. The third-order valence-electron chi connectivity index (χ3n) is 6.41. The fraction of sp³-hybridized carbons (Fsp3) is 0.222. The molecule has 6 nitrogen and oxygen atoms in total. The molecule has 1 heterocycles. The largest absolute Gasteiger partial charge is 0.345 e. The van der Waals surface area contributed by atoms with Crippen molar-refractivity contribution in [2.24, 2.45) is 0 Å². The van der Waals surface area contributed by atoms with Crippen LogP contribution in [0.25, 0.3) is 10.9 Å². The second kappa shape index (κ2) is 9.67. The summed E-state index contributed by atoms with van der Waals surface area (Å²) in [5.41, 5.74) is 0.116. The number of carbonyl (C=O) groups is 1. The van der Waals surface area contributed by atoms with Crippen LogP contribution in [0.15, 0.2) is 70.6 Å². The summed E-state index contributed by atoms with van der Waals surface area (Å²) in [6.45, 7) is 0.526. The van der Waals surface area contributed by atoms with Crippen molar-refractivity contribution in [3.63, 3.8) is 0 Å². The molecule has 0 atom stereocenters. The first kappa shape index (κ1) is 26.1. The molecule has 3 aromatic carbocycles. The molecule has 1 amide bonds. The number of sulfone groups is 1. The topological polar surface area (TPSA) is 89.0 Å². The van der Waals surface area contributed by atoms with E-state index in [9.17, 15) is 13.2 Å². The summed E-state index contributed by atoms with van der Waals surface area (Å²) in [4.78, 5) is 12.7. The van der Waals surface area contributed by atoms with Gasteiger partial charge in [0.25, 0.3) is 11.8 Å². The molecule has 0 radical (unpaired) electrons. The van der Waals surface area contributed by atoms with Gasteiger partial charge in [0, 0.05) is 10.9 Å². The highest BCUT2D eigenvalue weighted by molar-refractivity contribution is 7.91. The van der Waals surface area contributed by atoms with E-state index in [4.69, 9.17) is 11.6 Å². The number of nitrogens with one attached hydrogen (secondary N) is 1. The van der Waals surface area contributed by atoms with Gasteiger partial charge in [0.15, 0.2) is 5.03 Å². The van der Waals surface area contributed by atoms with E-state index in [1.807, 2.05) is 0 Å². The van der Waals surface area contributed by atoms with Crippen LogP contribution in [0.4, 0.5) is 13.2 Å². The van der Waals surface area contributed by atoms with E-state index in [1.165, 1.54) is 48.5 Å². The van der Waals surface area contributed by atoms with Gasteiger partial charge in [-0.25, -0.2) is 12.8 Å². The van der Waals surface area contributed by atoms with Crippen LogP contribution in [0.5, 0.6) is 0 Å². The van der Waals surface area contributed by atoms with Gasteiger partial charge >= 0.3 is 0 Å². The summed E-state index contributed by atoms with van der Waals surface area (Å²) in [7, 11) is -4.70. The van der Waals surface area contributed by atoms with Gasteiger partial charge in [-0.2, -0.15) is 8.78 Å². The smallest absolute Gasteiger partial charge is 0.291 e. The van der Waals surface area contributed by atoms with Crippen molar-refractivity contribution < 1.29 is 26.4 Å². The number of hydrogen-bond donors (Lipinski definition) is 1. The highest BCUT2D eigenvalue weighted by Gasteiger charge is 2.37. The van der Waals surface area contributed by atoms with Crippen LogP contribution >= 0.6 is 11.6 Å². The lowest BCUT2D eigenvalue weighted by Gasteiger charge is -2.20. The zero-order valence-electron chi connectivity index (χ0n) is 20.0. The van der Waals surface area contributed by atoms with Gasteiger partial charge < -0.3 is 5.32 Å². The Hall–Kier alpha value is -3.50. The minimum Gasteiger partial charge on any atom is -0.345 e. The van der Waals surface area contributed by atoms with Crippen LogP contribution in [0.3, 0.4) is 0 Å². The van der Waals surface area contributed by atoms with E-state index in [0.717, 1.165) is 18.9 Å². The Bertz CT molecular complexity index is 1690. The number of hydrogen-bond acceptors (Lipinski definition) is 5. The number of carbonyl (C=O) groups excluding carboxylic acids is 1. The molecule has 0 bridgehead atoms. The number of nitrogens with zero attached hydrogens (tertiary/aromatic N) is 2. The molecule has 1 aliphatic rings. The predicted molar refractivity (Wildman–Crippen MR) is 136 cm³/mol. The molecule has 0 saturated heterocycles. The molecule has 1 saturated carbocycles. The minimum absolute atomic E-state index is 0.0639. The van der Waals surface area contributed by atoms with E-state index >= 15 is 13.2 Å². The SMILES string of the molecule is Cc1ccc(C(F)(F)CNC(=O)c2c(S(=O)(=O)c3cccc(C4CC4)c3F)nnc3ccccc23)c(Cl)c1. The molecule has 1 N–H and O–H groups in total. The lowest BCUT2D eigenvalue weighted by atomic mass is 10.1. The Balaban J connectivity index is 1.57. The fourth-order valence-electron chi connectivity index (χ4n) is 4.29. The van der Waals surface area contributed by atoms with E-state index in [0.29, 0.717) is 5.56 Å². The quantitative estimate of drug-likeness (QED) is 0.302. The van der Waals surface area contributed by atoms with E-state index in [2.05, 4.69) is 15.5 Å². The molecular weight excluding hydrogens is 539 g/mol. The highest BCUT2D eigenvalue weighted by Crippen LogP contribution is 2.43. The van der Waals surface area contributed by atoms with Gasteiger partial charge in [-0.1, -0.05) is 54.1 Å². The number of halogens is 4. The standard InChI is InChI=1S/C27H21ClF3N3O3S/c1-15-9-12-19(20(28)13-15)27(30,31)14-32-25(35)23-18-5-2-3-7-21(18)33-34-26(23)38(36,37)22-8-4-6-17(24(22)29)16-10-11-16/h2-9,12-13,16H,10-11,14H2,1H3,(H,32,35). The zero-order valence-corrected chi connectivity index (χ0v) is 21.6. The van der Waals surface area contributed by atoms with Crippen molar-refractivity contribution in [2.45, 2.75) is 41.5 Å². The highest BCUT2D eigenvalue weighted by atomic mass is 35.5. The summed E-state index contributed by atoms with van der Waals surface area (Å²) in [5.74, 6) is -5.69. The maximum Gasteiger partial charge on any atom is 0.291 e. The molecule has 1 aliphatic carbocycles. The van der Waals surface area contributed by atoms with E-state index in [-0.39, 0.29) is 27.4 Å². The Morgan fingerprint density at radius 1 is 1.08 bits per heavy atom. The van der Waals surface area contributed by atoms with Crippen LogP contribution in [-0.4, -0.2) is 31.1 Å². The van der Waals surface area contributed by atoms with Crippen molar-refractivity contribution in [1.82, 2.24) is 15.5 Å². The van der Waals surface area contributed by atoms with Gasteiger partial charge in [-0.3, -0.25) is 4.79 Å². The first-order valence-electron chi connectivity index (χ1n) is 11.7. The number of benzene rings is 3. The average molecular weight is 560 g/mol. The van der Waals surface area contributed by atoms with Crippen LogP contribution in [0, 0.1) is 12.7 Å². The molecule has 196 valence electrons. The molecule has 1 fully saturated rings. The van der Waals surface area contributed by atoms with Gasteiger partial charge in [0.1, 0.15) is 10.7 Å². The van der Waals surface area contributed by atoms with E-state index < -0.39 is 55.1 Å². The number of alkyl halides is 2. The number of aryl methyl sites for hydroxylation is 1. The van der Waals surface area contributed by atoms with Crippen LogP contribution in [0.2, 0.25) is 5.02 Å². The summed E-state index contributed by atoms with van der Waals surface area (Å²) < 4.78 is 72.6. The minimum atomic E-state index is -4.70. The normalized spacial score (nSPS) is 14.0. The van der Waals surface area contributed by atoms with Crippen LogP contribution in [-0.2, 0) is 15.8 Å². The molecule has 0 aliphatic heterocycles. The third kappa shape index (κ3) is 4.74. The fourth-order valence-corrected chi connectivity index (χ4v) is 6.10. The van der Waals surface area contributed by atoms with Crippen molar-refractivity contribution >= 4 is 38.2 Å². The van der Waals surface area contributed by atoms with Gasteiger partial charge in [0.2, 0.25) is 9.84 Å². The summed E-state index contributed by atoms with van der Waals surface area (Å²) in [6, 6.07) is 14.1. The molecule has 38 heavy (non-hydrogen) atoms. The van der Waals surface area contributed by atoms with E-state index in [1.54, 1.807) is 13.0 Å². The number of rotatable bonds is 7. The molecule has 0 spiro atoms. The van der Waals surface area contributed by atoms with Gasteiger partial charge in [-0.05, 0) is 55.0 Å². The summed E-state index contributed by atoms with van der Waals surface area (Å²) in [6.07, 6.45) is 1.48. The molecule has 0 unspecified atom stereocenters. The Labute approximate surface area is 221 Å². The Morgan fingerprint density at radius 2 is 1.82 bits per heavy atom. The third-order valence-corrected chi connectivity index (χ3v) is 8.41. The van der Waals surface area contributed by atoms with Crippen molar-refractivity contribution in [1.29, 1.82) is 0 Å². The average Bonchev–Trinajstić information content (AvgIpc) is 3.72. The lowest BCUT2D eigenvalue weighted by molar-refractivity contribution is -0.00239. The predicted octanol–water partition coefficient (Wildman–Crippen LogP) is 5.96. The first-order valence-corrected chi connectivity index (χ1v) is 13.6. The van der Waals surface area contributed by atoms with Crippen molar-refractivity contribution in [2.75, 3.05) is 6.54 Å². The Morgan fingerprint density at radius 3 is 2.53 bits per heavy atom. The van der Waals surface area contributed by atoms with Crippen LogP contribution < -0.4 is 5.32 Å². The van der Waals surface area contributed by atoms with Gasteiger partial charge in [0.05, 0.1) is 22.6 Å². The number of amides is 1. The Kier molecular flexibility index (Phi) is 6.65. The first-order chi connectivity index (χ1) is 18.0. The molecule has 5 rings (SSSR count).